The van der Waals surface area contributed by atoms with E-state index in [-0.39, 0.29) is 0 Å². The standard InChI is InChI=1S/C19H15N3O2/c1-23-15-7-4-5-13(11-15)12-17-21-19(24-22-17)18-16-8-3-2-6-14(16)9-10-20-18/h2-11H,12H2,1H3. The van der Waals surface area contributed by atoms with Crippen molar-refractivity contribution in [2.75, 3.05) is 7.11 Å². The fourth-order valence-corrected chi connectivity index (χ4v) is 2.68. The monoisotopic (exact) mass is 317 g/mol. The molecule has 0 saturated heterocycles. The zero-order valence-corrected chi connectivity index (χ0v) is 13.1. The highest BCUT2D eigenvalue weighted by molar-refractivity contribution is 5.92. The molecule has 24 heavy (non-hydrogen) atoms. The van der Waals surface area contributed by atoms with Gasteiger partial charge < -0.3 is 9.26 Å². The van der Waals surface area contributed by atoms with Crippen molar-refractivity contribution >= 4 is 10.8 Å². The van der Waals surface area contributed by atoms with Crippen molar-refractivity contribution in [1.82, 2.24) is 15.1 Å². The summed E-state index contributed by atoms with van der Waals surface area (Å²) in [4.78, 5) is 8.91. The Kier molecular flexibility index (Phi) is 3.67. The molecule has 2 heterocycles. The Morgan fingerprint density at radius 1 is 1.04 bits per heavy atom. The second-order valence-electron chi connectivity index (χ2n) is 5.42. The Morgan fingerprint density at radius 2 is 1.96 bits per heavy atom. The molecule has 0 aliphatic heterocycles. The first-order chi connectivity index (χ1) is 11.8. The molecular weight excluding hydrogens is 302 g/mol. The van der Waals surface area contributed by atoms with Crippen LogP contribution in [-0.4, -0.2) is 22.2 Å². The van der Waals surface area contributed by atoms with Gasteiger partial charge in [-0.2, -0.15) is 4.98 Å². The van der Waals surface area contributed by atoms with Gasteiger partial charge in [0.05, 0.1) is 7.11 Å². The number of methoxy groups -OCH3 is 1. The molecule has 0 unspecified atom stereocenters. The van der Waals surface area contributed by atoms with Crippen molar-refractivity contribution in [2.45, 2.75) is 6.42 Å². The second-order valence-corrected chi connectivity index (χ2v) is 5.42. The van der Waals surface area contributed by atoms with Crippen LogP contribution in [0.25, 0.3) is 22.4 Å². The zero-order valence-electron chi connectivity index (χ0n) is 13.1. The van der Waals surface area contributed by atoms with E-state index in [1.165, 1.54) is 0 Å². The largest absolute Gasteiger partial charge is 0.497 e. The van der Waals surface area contributed by atoms with Gasteiger partial charge in [0.2, 0.25) is 0 Å². The molecule has 0 saturated carbocycles. The lowest BCUT2D eigenvalue weighted by molar-refractivity contribution is 0.414. The number of hydrogen-bond donors (Lipinski definition) is 0. The van der Waals surface area contributed by atoms with E-state index in [1.807, 2.05) is 54.6 Å². The topological polar surface area (TPSA) is 61.0 Å². The molecule has 2 aromatic carbocycles. The molecule has 4 aromatic rings. The highest BCUT2D eigenvalue weighted by atomic mass is 16.5. The summed E-state index contributed by atoms with van der Waals surface area (Å²) in [5, 5.41) is 6.17. The lowest BCUT2D eigenvalue weighted by atomic mass is 10.1. The summed E-state index contributed by atoms with van der Waals surface area (Å²) in [5.41, 5.74) is 1.77. The van der Waals surface area contributed by atoms with E-state index >= 15 is 0 Å². The smallest absolute Gasteiger partial charge is 0.277 e. The van der Waals surface area contributed by atoms with E-state index in [2.05, 4.69) is 15.1 Å². The average Bonchev–Trinajstić information content (AvgIpc) is 3.09. The van der Waals surface area contributed by atoms with Gasteiger partial charge in [0, 0.05) is 18.0 Å². The molecule has 5 heteroatoms. The van der Waals surface area contributed by atoms with Gasteiger partial charge in [-0.15, -0.1) is 0 Å². The summed E-state index contributed by atoms with van der Waals surface area (Å²) in [6, 6.07) is 17.8. The number of rotatable bonds is 4. The first kappa shape index (κ1) is 14.4. The van der Waals surface area contributed by atoms with Gasteiger partial charge in [0.1, 0.15) is 11.4 Å². The Morgan fingerprint density at radius 3 is 2.88 bits per heavy atom. The molecule has 0 bridgehead atoms. The summed E-state index contributed by atoms with van der Waals surface area (Å²) < 4.78 is 10.7. The van der Waals surface area contributed by atoms with Crippen LogP contribution in [0.1, 0.15) is 11.4 Å². The van der Waals surface area contributed by atoms with Crippen molar-refractivity contribution in [3.8, 4) is 17.3 Å². The van der Waals surface area contributed by atoms with Crippen LogP contribution < -0.4 is 4.74 Å². The van der Waals surface area contributed by atoms with Crippen LogP contribution in [0.5, 0.6) is 5.75 Å². The summed E-state index contributed by atoms with van der Waals surface area (Å²) in [7, 11) is 1.65. The minimum atomic E-state index is 0.435. The average molecular weight is 317 g/mol. The summed E-state index contributed by atoms with van der Waals surface area (Å²) in [5.74, 6) is 1.87. The quantitative estimate of drug-likeness (QED) is 0.571. The number of aromatic nitrogens is 3. The first-order valence-electron chi connectivity index (χ1n) is 7.63. The lowest BCUT2D eigenvalue weighted by Gasteiger charge is -2.01. The Hall–Kier alpha value is -3.21. The molecule has 0 aliphatic rings. The number of fused-ring (bicyclic) bond motifs is 1. The van der Waals surface area contributed by atoms with Gasteiger partial charge in [-0.25, -0.2) is 0 Å². The molecule has 0 atom stereocenters. The third-order valence-electron chi connectivity index (χ3n) is 3.84. The summed E-state index contributed by atoms with van der Waals surface area (Å²) in [6.07, 6.45) is 2.33. The fourth-order valence-electron chi connectivity index (χ4n) is 2.68. The lowest BCUT2D eigenvalue weighted by Crippen LogP contribution is -1.92. The van der Waals surface area contributed by atoms with Gasteiger partial charge in [0.25, 0.3) is 5.89 Å². The van der Waals surface area contributed by atoms with Gasteiger partial charge in [0.15, 0.2) is 5.82 Å². The SMILES string of the molecule is COc1cccc(Cc2noc(-c3nccc4ccccc34)n2)c1. The number of pyridine rings is 1. The predicted molar refractivity (Wildman–Crippen MR) is 90.8 cm³/mol. The number of ether oxygens (including phenoxy) is 1. The highest BCUT2D eigenvalue weighted by Gasteiger charge is 2.13. The maximum Gasteiger partial charge on any atom is 0.277 e. The van der Waals surface area contributed by atoms with Crippen LogP contribution in [0.15, 0.2) is 65.3 Å². The molecule has 0 amide bonds. The number of hydrogen-bond acceptors (Lipinski definition) is 5. The van der Waals surface area contributed by atoms with Crippen molar-refractivity contribution in [3.63, 3.8) is 0 Å². The van der Waals surface area contributed by atoms with Crippen molar-refractivity contribution in [1.29, 1.82) is 0 Å². The third-order valence-corrected chi connectivity index (χ3v) is 3.84. The van der Waals surface area contributed by atoms with Crippen LogP contribution in [0, 0.1) is 0 Å². The van der Waals surface area contributed by atoms with E-state index < -0.39 is 0 Å². The molecular formula is C19H15N3O2. The third kappa shape index (κ3) is 2.72. The van der Waals surface area contributed by atoms with Gasteiger partial charge in [-0.1, -0.05) is 41.6 Å². The van der Waals surface area contributed by atoms with E-state index in [4.69, 9.17) is 9.26 Å². The minimum absolute atomic E-state index is 0.435. The molecule has 5 nitrogen and oxygen atoms in total. The summed E-state index contributed by atoms with van der Waals surface area (Å²) >= 11 is 0. The van der Waals surface area contributed by atoms with Gasteiger partial charge >= 0.3 is 0 Å². The van der Waals surface area contributed by atoms with Crippen LogP contribution in [0.4, 0.5) is 0 Å². The molecule has 4 rings (SSSR count). The zero-order chi connectivity index (χ0) is 16.4. The van der Waals surface area contributed by atoms with Crippen molar-refractivity contribution in [2.24, 2.45) is 0 Å². The van der Waals surface area contributed by atoms with Crippen LogP contribution >= 0.6 is 0 Å². The van der Waals surface area contributed by atoms with E-state index in [0.29, 0.717) is 23.8 Å². The van der Waals surface area contributed by atoms with Crippen LogP contribution in [-0.2, 0) is 6.42 Å². The van der Waals surface area contributed by atoms with Crippen molar-refractivity contribution < 1.29 is 9.26 Å². The molecule has 118 valence electrons. The van der Waals surface area contributed by atoms with Crippen LogP contribution in [0.2, 0.25) is 0 Å². The van der Waals surface area contributed by atoms with E-state index in [0.717, 1.165) is 22.1 Å². The highest BCUT2D eigenvalue weighted by Crippen LogP contribution is 2.25. The Labute approximate surface area is 138 Å². The van der Waals surface area contributed by atoms with Gasteiger partial charge in [-0.05, 0) is 29.1 Å². The van der Waals surface area contributed by atoms with E-state index in [1.54, 1.807) is 13.3 Å². The normalized spacial score (nSPS) is 10.9. The maximum atomic E-state index is 5.43. The maximum absolute atomic E-state index is 5.43. The first-order valence-corrected chi connectivity index (χ1v) is 7.63. The molecule has 0 radical (unpaired) electrons. The molecule has 0 aliphatic carbocycles. The molecule has 0 spiro atoms. The molecule has 0 N–H and O–H groups in total. The predicted octanol–water partition coefficient (Wildman–Crippen LogP) is 3.88. The summed E-state index contributed by atoms with van der Waals surface area (Å²) in [6.45, 7) is 0. The Bertz CT molecular complexity index is 989. The second kappa shape index (κ2) is 6.12. The number of nitrogens with zero attached hydrogens (tertiary/aromatic N) is 3. The molecule has 0 fully saturated rings. The minimum Gasteiger partial charge on any atom is -0.497 e. The Balaban J connectivity index is 1.67. The van der Waals surface area contributed by atoms with Crippen LogP contribution in [0.3, 0.4) is 0 Å². The van der Waals surface area contributed by atoms with E-state index in [9.17, 15) is 0 Å². The van der Waals surface area contributed by atoms with Gasteiger partial charge in [-0.3, -0.25) is 4.98 Å². The number of benzene rings is 2. The fraction of sp³-hybridized carbons (Fsp3) is 0.105. The molecule has 2 aromatic heterocycles. The van der Waals surface area contributed by atoms with Crippen molar-refractivity contribution in [3.05, 3.63) is 72.2 Å².